The van der Waals surface area contributed by atoms with Crippen molar-refractivity contribution in [2.75, 3.05) is 18.0 Å². The van der Waals surface area contributed by atoms with Gasteiger partial charge in [-0.25, -0.2) is 0 Å². The summed E-state index contributed by atoms with van der Waals surface area (Å²) in [5, 5.41) is 5.71. The average molecular weight is 300 g/mol. The first-order valence-corrected chi connectivity index (χ1v) is 8.71. The van der Waals surface area contributed by atoms with Crippen molar-refractivity contribution in [3.63, 3.8) is 0 Å². The van der Waals surface area contributed by atoms with Crippen LogP contribution in [0.3, 0.4) is 0 Å². The fraction of sp³-hybridized carbons (Fsp3) is 0.444. The second kappa shape index (κ2) is 6.20. The van der Waals surface area contributed by atoms with Crippen LogP contribution in [-0.4, -0.2) is 13.1 Å². The molecule has 0 saturated carbocycles. The molecule has 1 N–H and O–H groups in total. The first-order chi connectivity index (χ1) is 10.2. The number of benzene rings is 1. The lowest BCUT2D eigenvalue weighted by molar-refractivity contribution is 0.625. The standard InChI is InChI=1S/C18H24N2S/c1-4-19-12-15-11-13(2)5-6-17(15)20-9-7-18-16(14(20)3)8-10-21-18/h5-6,8,10-11,14,19H,4,7,9,12H2,1-3H3. The molecule has 1 aliphatic heterocycles. The van der Waals surface area contributed by atoms with Gasteiger partial charge in [0.15, 0.2) is 0 Å². The van der Waals surface area contributed by atoms with Crippen LogP contribution >= 0.6 is 11.3 Å². The third kappa shape index (κ3) is 2.85. The van der Waals surface area contributed by atoms with Crippen LogP contribution in [0.5, 0.6) is 0 Å². The molecule has 2 aromatic rings. The van der Waals surface area contributed by atoms with Crippen molar-refractivity contribution < 1.29 is 0 Å². The predicted octanol–water partition coefficient (Wildman–Crippen LogP) is 4.29. The fourth-order valence-corrected chi connectivity index (χ4v) is 4.20. The number of thiophene rings is 1. The van der Waals surface area contributed by atoms with Crippen LogP contribution in [0.1, 0.15) is 41.5 Å². The molecule has 1 aliphatic rings. The summed E-state index contributed by atoms with van der Waals surface area (Å²) in [5.41, 5.74) is 5.67. The van der Waals surface area contributed by atoms with Crippen LogP contribution in [0.4, 0.5) is 5.69 Å². The quantitative estimate of drug-likeness (QED) is 0.906. The highest BCUT2D eigenvalue weighted by Gasteiger charge is 2.26. The van der Waals surface area contributed by atoms with Gasteiger partial charge in [0.25, 0.3) is 0 Å². The Morgan fingerprint density at radius 1 is 1.33 bits per heavy atom. The maximum atomic E-state index is 3.48. The molecule has 3 heteroatoms. The van der Waals surface area contributed by atoms with Crippen molar-refractivity contribution in [2.45, 2.75) is 39.8 Å². The molecule has 21 heavy (non-hydrogen) atoms. The highest BCUT2D eigenvalue weighted by Crippen LogP contribution is 2.37. The largest absolute Gasteiger partial charge is 0.364 e. The van der Waals surface area contributed by atoms with E-state index in [1.165, 1.54) is 28.8 Å². The number of aryl methyl sites for hydroxylation is 1. The summed E-state index contributed by atoms with van der Waals surface area (Å²) in [6, 6.07) is 9.64. The van der Waals surface area contributed by atoms with E-state index in [-0.39, 0.29) is 0 Å². The zero-order valence-corrected chi connectivity index (χ0v) is 14.0. The first kappa shape index (κ1) is 14.6. The minimum absolute atomic E-state index is 0.475. The Balaban J connectivity index is 1.93. The molecule has 112 valence electrons. The Morgan fingerprint density at radius 2 is 2.19 bits per heavy atom. The molecule has 0 radical (unpaired) electrons. The molecule has 3 rings (SSSR count). The lowest BCUT2D eigenvalue weighted by atomic mass is 9.98. The summed E-state index contributed by atoms with van der Waals surface area (Å²) >= 11 is 1.91. The normalized spacial score (nSPS) is 17.9. The molecule has 0 spiro atoms. The van der Waals surface area contributed by atoms with Crippen LogP contribution in [-0.2, 0) is 13.0 Å². The molecule has 2 nitrogen and oxygen atoms in total. The van der Waals surface area contributed by atoms with E-state index in [1.807, 2.05) is 11.3 Å². The van der Waals surface area contributed by atoms with Crippen molar-refractivity contribution in [1.82, 2.24) is 5.32 Å². The van der Waals surface area contributed by atoms with Crippen molar-refractivity contribution in [2.24, 2.45) is 0 Å². The molecule has 1 aromatic heterocycles. The topological polar surface area (TPSA) is 15.3 Å². The minimum atomic E-state index is 0.475. The smallest absolute Gasteiger partial charge is 0.0525 e. The number of hydrogen-bond acceptors (Lipinski definition) is 3. The SMILES string of the molecule is CCNCc1cc(C)ccc1N1CCc2sccc2C1C. The van der Waals surface area contributed by atoms with Gasteiger partial charge in [-0.05, 0) is 55.5 Å². The van der Waals surface area contributed by atoms with E-state index < -0.39 is 0 Å². The molecule has 0 amide bonds. The molecule has 0 bridgehead atoms. The molecule has 1 atom stereocenters. The molecule has 2 heterocycles. The lowest BCUT2D eigenvalue weighted by Crippen LogP contribution is -2.34. The van der Waals surface area contributed by atoms with Gasteiger partial charge >= 0.3 is 0 Å². The van der Waals surface area contributed by atoms with Gasteiger partial charge in [0.2, 0.25) is 0 Å². The van der Waals surface area contributed by atoms with E-state index in [2.05, 4.69) is 60.6 Å². The highest BCUT2D eigenvalue weighted by molar-refractivity contribution is 7.10. The molecule has 1 unspecified atom stereocenters. The monoisotopic (exact) mass is 300 g/mol. The number of fused-ring (bicyclic) bond motifs is 1. The number of nitrogens with zero attached hydrogens (tertiary/aromatic N) is 1. The van der Waals surface area contributed by atoms with Crippen molar-refractivity contribution in [3.05, 3.63) is 51.2 Å². The maximum Gasteiger partial charge on any atom is 0.0525 e. The van der Waals surface area contributed by atoms with Crippen LogP contribution in [0.25, 0.3) is 0 Å². The van der Waals surface area contributed by atoms with Gasteiger partial charge in [-0.15, -0.1) is 11.3 Å². The molecule has 1 aromatic carbocycles. The summed E-state index contributed by atoms with van der Waals surface area (Å²) in [4.78, 5) is 4.14. The number of rotatable bonds is 4. The Kier molecular flexibility index (Phi) is 4.32. The third-order valence-electron chi connectivity index (χ3n) is 4.39. The van der Waals surface area contributed by atoms with Gasteiger partial charge in [0.1, 0.15) is 0 Å². The fourth-order valence-electron chi connectivity index (χ4n) is 3.23. The molecule has 0 aliphatic carbocycles. The Labute approximate surface area is 131 Å². The molecular formula is C18H24N2S. The number of nitrogens with one attached hydrogen (secondary N) is 1. The summed E-state index contributed by atoms with van der Waals surface area (Å²) in [6.07, 6.45) is 1.17. The van der Waals surface area contributed by atoms with Gasteiger partial charge in [-0.2, -0.15) is 0 Å². The van der Waals surface area contributed by atoms with Gasteiger partial charge < -0.3 is 10.2 Å². The van der Waals surface area contributed by atoms with Gasteiger partial charge in [-0.3, -0.25) is 0 Å². The van der Waals surface area contributed by atoms with Crippen molar-refractivity contribution >= 4 is 17.0 Å². The summed E-state index contributed by atoms with van der Waals surface area (Å²) < 4.78 is 0. The van der Waals surface area contributed by atoms with E-state index in [1.54, 1.807) is 4.88 Å². The number of anilines is 1. The summed E-state index contributed by atoms with van der Waals surface area (Å²) in [7, 11) is 0. The van der Waals surface area contributed by atoms with E-state index in [0.29, 0.717) is 6.04 Å². The summed E-state index contributed by atoms with van der Waals surface area (Å²) in [6.45, 7) is 9.76. The van der Waals surface area contributed by atoms with Gasteiger partial charge in [0.05, 0.1) is 6.04 Å². The van der Waals surface area contributed by atoms with Crippen molar-refractivity contribution in [3.8, 4) is 0 Å². The van der Waals surface area contributed by atoms with E-state index in [4.69, 9.17) is 0 Å². The predicted molar refractivity (Wildman–Crippen MR) is 92.3 cm³/mol. The Bertz CT molecular complexity index is 617. The molecular weight excluding hydrogens is 276 g/mol. The minimum Gasteiger partial charge on any atom is -0.364 e. The van der Waals surface area contributed by atoms with Crippen LogP contribution in [0.15, 0.2) is 29.6 Å². The van der Waals surface area contributed by atoms with Crippen LogP contribution in [0, 0.1) is 6.92 Å². The van der Waals surface area contributed by atoms with Crippen LogP contribution < -0.4 is 10.2 Å². The third-order valence-corrected chi connectivity index (χ3v) is 5.38. The second-order valence-electron chi connectivity index (χ2n) is 5.83. The van der Waals surface area contributed by atoms with Crippen LogP contribution in [0.2, 0.25) is 0 Å². The highest BCUT2D eigenvalue weighted by atomic mass is 32.1. The van der Waals surface area contributed by atoms with E-state index in [0.717, 1.165) is 19.6 Å². The van der Waals surface area contributed by atoms with Crippen molar-refractivity contribution in [1.29, 1.82) is 0 Å². The molecule has 0 saturated heterocycles. The Hall–Kier alpha value is -1.32. The average Bonchev–Trinajstić information content (AvgIpc) is 2.96. The van der Waals surface area contributed by atoms with E-state index in [9.17, 15) is 0 Å². The first-order valence-electron chi connectivity index (χ1n) is 7.84. The Morgan fingerprint density at radius 3 is 3.00 bits per heavy atom. The zero-order chi connectivity index (χ0) is 14.8. The van der Waals surface area contributed by atoms with Gasteiger partial charge in [0, 0.05) is 23.7 Å². The lowest BCUT2D eigenvalue weighted by Gasteiger charge is -2.37. The van der Waals surface area contributed by atoms with Gasteiger partial charge in [-0.1, -0.05) is 24.6 Å². The zero-order valence-electron chi connectivity index (χ0n) is 13.1. The second-order valence-corrected chi connectivity index (χ2v) is 6.83. The van der Waals surface area contributed by atoms with E-state index >= 15 is 0 Å². The maximum absolute atomic E-state index is 3.48. The number of hydrogen-bond donors (Lipinski definition) is 1. The molecule has 0 fully saturated rings. The summed E-state index contributed by atoms with van der Waals surface area (Å²) in [5.74, 6) is 0.